The summed E-state index contributed by atoms with van der Waals surface area (Å²) in [6, 6.07) is 30.8. The first-order chi connectivity index (χ1) is 18.1. The van der Waals surface area contributed by atoms with Gasteiger partial charge in [0.25, 0.3) is 0 Å². The van der Waals surface area contributed by atoms with Crippen molar-refractivity contribution in [2.45, 2.75) is 32.5 Å². The molecule has 4 aromatic rings. The molecule has 4 aromatic carbocycles. The SMILES string of the molecule is CC(CNC(=O)N1c2ccccc2Sc2ccccc21)NC(=O)N1c2ccccc2Sc2ccccc21. The third-order valence-corrected chi connectivity index (χ3v) is 8.46. The van der Waals surface area contributed by atoms with Crippen molar-refractivity contribution in [1.82, 2.24) is 10.6 Å². The molecule has 4 amide bonds. The lowest BCUT2D eigenvalue weighted by Gasteiger charge is -2.33. The van der Waals surface area contributed by atoms with Crippen LogP contribution < -0.4 is 20.4 Å². The maximum Gasteiger partial charge on any atom is 0.326 e. The summed E-state index contributed by atoms with van der Waals surface area (Å²) in [5.41, 5.74) is 3.39. The van der Waals surface area contributed by atoms with E-state index in [0.717, 1.165) is 42.3 Å². The third-order valence-electron chi connectivity index (χ3n) is 6.20. The molecule has 0 spiro atoms. The van der Waals surface area contributed by atoms with Gasteiger partial charge in [-0.05, 0) is 55.5 Å². The molecule has 184 valence electrons. The summed E-state index contributed by atoms with van der Waals surface area (Å²) >= 11 is 3.31. The van der Waals surface area contributed by atoms with Crippen molar-refractivity contribution in [1.29, 1.82) is 0 Å². The van der Waals surface area contributed by atoms with Crippen molar-refractivity contribution in [2.24, 2.45) is 0 Å². The molecular weight excluding hydrogens is 500 g/mol. The number of amides is 4. The van der Waals surface area contributed by atoms with Gasteiger partial charge in [0.1, 0.15) is 0 Å². The number of carbonyl (C=O) groups excluding carboxylic acids is 2. The fourth-order valence-electron chi connectivity index (χ4n) is 4.49. The minimum absolute atomic E-state index is 0.230. The molecule has 1 atom stereocenters. The number of carbonyl (C=O) groups is 2. The minimum atomic E-state index is -0.296. The number of nitrogens with one attached hydrogen (secondary N) is 2. The monoisotopic (exact) mass is 524 g/mol. The van der Waals surface area contributed by atoms with Crippen LogP contribution in [-0.2, 0) is 0 Å². The topological polar surface area (TPSA) is 64.7 Å². The zero-order chi connectivity index (χ0) is 25.4. The number of fused-ring (bicyclic) bond motifs is 4. The first-order valence-corrected chi connectivity index (χ1v) is 13.6. The summed E-state index contributed by atoms with van der Waals surface area (Å²) in [4.78, 5) is 34.4. The van der Waals surface area contributed by atoms with E-state index in [-0.39, 0.29) is 24.6 Å². The van der Waals surface area contributed by atoms with Gasteiger partial charge in [0, 0.05) is 32.2 Å². The quantitative estimate of drug-likeness (QED) is 0.293. The van der Waals surface area contributed by atoms with Crippen LogP contribution >= 0.6 is 23.5 Å². The molecule has 2 aliphatic heterocycles. The van der Waals surface area contributed by atoms with Gasteiger partial charge in [0.05, 0.1) is 22.7 Å². The van der Waals surface area contributed by atoms with Gasteiger partial charge in [-0.3, -0.25) is 9.80 Å². The summed E-state index contributed by atoms with van der Waals surface area (Å²) in [6.45, 7) is 2.17. The van der Waals surface area contributed by atoms with Gasteiger partial charge in [-0.25, -0.2) is 9.59 Å². The van der Waals surface area contributed by atoms with Gasteiger partial charge in [-0.15, -0.1) is 0 Å². The predicted molar refractivity (Wildman–Crippen MR) is 150 cm³/mol. The van der Waals surface area contributed by atoms with E-state index >= 15 is 0 Å². The number of hydrogen-bond acceptors (Lipinski definition) is 4. The standard InChI is InChI=1S/C29H24N4O2S2/c1-19(31-29(35)33-22-12-4-8-16-26(22)37-27-17-9-5-13-23(27)33)18-30-28(34)32-20-10-2-6-14-24(20)36-25-15-7-3-11-21(25)32/h2-17,19H,18H2,1H3,(H,30,34)(H,31,35). The molecule has 0 aliphatic carbocycles. The van der Waals surface area contributed by atoms with Crippen LogP contribution in [0, 0.1) is 0 Å². The molecule has 37 heavy (non-hydrogen) atoms. The molecule has 6 rings (SSSR count). The molecule has 0 fully saturated rings. The Labute approximate surface area is 224 Å². The lowest BCUT2D eigenvalue weighted by molar-refractivity contribution is 0.240. The Morgan fingerprint density at radius 2 is 0.973 bits per heavy atom. The molecule has 6 nitrogen and oxygen atoms in total. The maximum absolute atomic E-state index is 13.5. The highest BCUT2D eigenvalue weighted by molar-refractivity contribution is 8.00. The highest BCUT2D eigenvalue weighted by atomic mass is 32.2. The molecule has 8 heteroatoms. The van der Waals surface area contributed by atoms with E-state index in [0.29, 0.717) is 0 Å². The van der Waals surface area contributed by atoms with E-state index in [9.17, 15) is 9.59 Å². The van der Waals surface area contributed by atoms with Crippen LogP contribution in [0.1, 0.15) is 6.92 Å². The summed E-state index contributed by atoms with van der Waals surface area (Å²) < 4.78 is 0. The van der Waals surface area contributed by atoms with Crippen molar-refractivity contribution in [3.63, 3.8) is 0 Å². The Morgan fingerprint density at radius 3 is 1.38 bits per heavy atom. The normalized spacial score (nSPS) is 14.0. The first kappa shape index (κ1) is 23.5. The molecule has 0 saturated carbocycles. The van der Waals surface area contributed by atoms with Crippen LogP contribution in [0.3, 0.4) is 0 Å². The van der Waals surface area contributed by atoms with Crippen molar-refractivity contribution < 1.29 is 9.59 Å². The number of nitrogens with zero attached hydrogens (tertiary/aromatic N) is 2. The highest BCUT2D eigenvalue weighted by Gasteiger charge is 2.30. The van der Waals surface area contributed by atoms with E-state index in [1.165, 1.54) is 0 Å². The number of anilines is 4. The molecule has 0 saturated heterocycles. The van der Waals surface area contributed by atoms with E-state index < -0.39 is 0 Å². The Bertz CT molecular complexity index is 1420. The van der Waals surface area contributed by atoms with Crippen LogP contribution in [0.2, 0.25) is 0 Å². The van der Waals surface area contributed by atoms with E-state index in [2.05, 4.69) is 10.6 Å². The molecule has 1 unspecified atom stereocenters. The zero-order valence-electron chi connectivity index (χ0n) is 20.0. The fourth-order valence-corrected chi connectivity index (χ4v) is 6.61. The predicted octanol–water partition coefficient (Wildman–Crippen LogP) is 7.40. The van der Waals surface area contributed by atoms with Gasteiger partial charge in [-0.2, -0.15) is 0 Å². The molecule has 0 bridgehead atoms. The average molecular weight is 525 g/mol. The Balaban J connectivity index is 1.18. The molecular formula is C29H24N4O2S2. The first-order valence-electron chi connectivity index (χ1n) is 12.0. The Kier molecular flexibility index (Phi) is 6.28. The van der Waals surface area contributed by atoms with Crippen LogP contribution in [0.4, 0.5) is 32.3 Å². The third kappa shape index (κ3) is 4.43. The van der Waals surface area contributed by atoms with Crippen molar-refractivity contribution in [3.8, 4) is 0 Å². The van der Waals surface area contributed by atoms with Gasteiger partial charge >= 0.3 is 12.1 Å². The van der Waals surface area contributed by atoms with Crippen LogP contribution in [-0.4, -0.2) is 24.6 Å². The maximum atomic E-state index is 13.5. The number of urea groups is 2. The second-order valence-electron chi connectivity index (χ2n) is 8.78. The zero-order valence-corrected chi connectivity index (χ0v) is 21.7. The summed E-state index contributed by atoms with van der Waals surface area (Å²) in [7, 11) is 0. The summed E-state index contributed by atoms with van der Waals surface area (Å²) in [6.07, 6.45) is 0. The molecule has 0 radical (unpaired) electrons. The van der Waals surface area contributed by atoms with Gasteiger partial charge in [0.15, 0.2) is 0 Å². The minimum Gasteiger partial charge on any atom is -0.335 e. The van der Waals surface area contributed by atoms with E-state index in [4.69, 9.17) is 0 Å². The molecule has 2 aliphatic rings. The van der Waals surface area contributed by atoms with E-state index in [1.54, 1.807) is 33.3 Å². The van der Waals surface area contributed by atoms with Crippen molar-refractivity contribution in [3.05, 3.63) is 97.1 Å². The number of rotatable bonds is 3. The largest absolute Gasteiger partial charge is 0.335 e. The fraction of sp³-hybridized carbons (Fsp3) is 0.103. The Morgan fingerprint density at radius 1 is 0.622 bits per heavy atom. The Hall–Kier alpha value is -3.88. The van der Waals surface area contributed by atoms with Crippen LogP contribution in [0.5, 0.6) is 0 Å². The lowest BCUT2D eigenvalue weighted by atomic mass is 10.2. The van der Waals surface area contributed by atoms with Gasteiger partial charge in [-0.1, -0.05) is 72.1 Å². The summed E-state index contributed by atoms with van der Waals surface area (Å²) in [5.74, 6) is 0. The summed E-state index contributed by atoms with van der Waals surface area (Å²) in [5, 5.41) is 6.09. The average Bonchev–Trinajstić information content (AvgIpc) is 2.93. The smallest absolute Gasteiger partial charge is 0.326 e. The van der Waals surface area contributed by atoms with Crippen LogP contribution in [0.15, 0.2) is 117 Å². The second-order valence-corrected chi connectivity index (χ2v) is 10.9. The lowest BCUT2D eigenvalue weighted by Crippen LogP contribution is -2.49. The highest BCUT2D eigenvalue weighted by Crippen LogP contribution is 2.49. The van der Waals surface area contributed by atoms with Crippen molar-refractivity contribution >= 4 is 58.3 Å². The van der Waals surface area contributed by atoms with Crippen molar-refractivity contribution in [2.75, 3.05) is 16.3 Å². The second kappa shape index (κ2) is 9.88. The molecule has 2 N–H and O–H groups in total. The molecule has 2 heterocycles. The van der Waals surface area contributed by atoms with Gasteiger partial charge < -0.3 is 10.6 Å². The number of para-hydroxylation sites is 4. The number of hydrogen-bond donors (Lipinski definition) is 2. The number of benzene rings is 4. The van der Waals surface area contributed by atoms with E-state index in [1.807, 2.05) is 104 Å². The molecule has 0 aromatic heterocycles. The van der Waals surface area contributed by atoms with Gasteiger partial charge in [0.2, 0.25) is 0 Å². The van der Waals surface area contributed by atoms with Crippen LogP contribution in [0.25, 0.3) is 0 Å².